The molecule has 1 rings (SSSR count). The fraction of sp³-hybridized carbons (Fsp3) is 0.571. The average molecular weight is 221 g/mol. The Bertz CT molecular complexity index is 358. The highest BCUT2D eigenvalue weighted by Gasteiger charge is 2.14. The normalized spacial score (nSPS) is 12.9. The monoisotopic (exact) mass is 221 g/mol. The summed E-state index contributed by atoms with van der Waals surface area (Å²) in [6, 6.07) is 4.29. The predicted molar refractivity (Wildman–Crippen MR) is 68.9 cm³/mol. The standard InChI is InChI=1S/C14H23NO/c1-9(2)6-13(15)12-7-10(3)11(4)8-14(12)16-5/h7-9,13H,6,15H2,1-5H3. The van der Waals surface area contributed by atoms with Gasteiger partial charge < -0.3 is 10.5 Å². The summed E-state index contributed by atoms with van der Waals surface area (Å²) in [4.78, 5) is 0. The van der Waals surface area contributed by atoms with E-state index in [1.165, 1.54) is 11.1 Å². The Morgan fingerprint density at radius 2 is 1.75 bits per heavy atom. The number of hydrogen-bond acceptors (Lipinski definition) is 2. The third-order valence-electron chi connectivity index (χ3n) is 2.97. The van der Waals surface area contributed by atoms with E-state index in [9.17, 15) is 0 Å². The molecule has 2 N–H and O–H groups in total. The molecule has 0 aliphatic rings. The predicted octanol–water partition coefficient (Wildman–Crippen LogP) is 3.36. The van der Waals surface area contributed by atoms with Gasteiger partial charge in [0, 0.05) is 11.6 Å². The molecule has 0 bridgehead atoms. The Kier molecular flexibility index (Phi) is 4.36. The van der Waals surface area contributed by atoms with Crippen molar-refractivity contribution in [1.82, 2.24) is 0 Å². The number of nitrogens with two attached hydrogens (primary N) is 1. The van der Waals surface area contributed by atoms with E-state index in [0.717, 1.165) is 17.7 Å². The highest BCUT2D eigenvalue weighted by Crippen LogP contribution is 2.30. The lowest BCUT2D eigenvalue weighted by Crippen LogP contribution is -2.14. The summed E-state index contributed by atoms with van der Waals surface area (Å²) in [7, 11) is 1.70. The number of ether oxygens (including phenoxy) is 1. The highest BCUT2D eigenvalue weighted by atomic mass is 16.5. The molecule has 1 aromatic carbocycles. The summed E-state index contributed by atoms with van der Waals surface area (Å²) < 4.78 is 5.40. The number of aryl methyl sites for hydroxylation is 2. The van der Waals surface area contributed by atoms with Crippen LogP contribution in [0.15, 0.2) is 12.1 Å². The van der Waals surface area contributed by atoms with Crippen molar-refractivity contribution in [3.8, 4) is 5.75 Å². The van der Waals surface area contributed by atoms with Gasteiger partial charge in [0.25, 0.3) is 0 Å². The molecule has 1 aromatic rings. The molecule has 2 nitrogen and oxygen atoms in total. The molecular weight excluding hydrogens is 198 g/mol. The molecule has 0 amide bonds. The number of hydrogen-bond donors (Lipinski definition) is 1. The summed E-state index contributed by atoms with van der Waals surface area (Å²) >= 11 is 0. The quantitative estimate of drug-likeness (QED) is 0.846. The molecule has 0 saturated carbocycles. The summed E-state index contributed by atoms with van der Waals surface area (Å²) in [6.07, 6.45) is 0.985. The molecule has 1 unspecified atom stereocenters. The van der Waals surface area contributed by atoms with Crippen LogP contribution in [0.25, 0.3) is 0 Å². The Labute approximate surface area is 98.8 Å². The van der Waals surface area contributed by atoms with Gasteiger partial charge in [-0.25, -0.2) is 0 Å². The van der Waals surface area contributed by atoms with Gasteiger partial charge in [-0.05, 0) is 43.4 Å². The molecule has 0 fully saturated rings. The fourth-order valence-electron chi connectivity index (χ4n) is 1.91. The van der Waals surface area contributed by atoms with Gasteiger partial charge >= 0.3 is 0 Å². The summed E-state index contributed by atoms with van der Waals surface area (Å²) in [5.41, 5.74) is 9.86. The molecule has 0 saturated heterocycles. The van der Waals surface area contributed by atoms with E-state index in [1.807, 2.05) is 0 Å². The van der Waals surface area contributed by atoms with Crippen molar-refractivity contribution in [2.45, 2.75) is 40.2 Å². The Hall–Kier alpha value is -1.02. The van der Waals surface area contributed by atoms with E-state index in [2.05, 4.69) is 39.8 Å². The second-order valence-corrected chi connectivity index (χ2v) is 4.91. The van der Waals surface area contributed by atoms with Crippen LogP contribution in [0, 0.1) is 19.8 Å². The molecule has 0 aromatic heterocycles. The third-order valence-corrected chi connectivity index (χ3v) is 2.97. The van der Waals surface area contributed by atoms with Crippen LogP contribution in [0.2, 0.25) is 0 Å². The largest absolute Gasteiger partial charge is 0.496 e. The molecule has 0 radical (unpaired) electrons. The molecule has 0 spiro atoms. The first-order valence-electron chi connectivity index (χ1n) is 5.86. The second kappa shape index (κ2) is 5.35. The van der Waals surface area contributed by atoms with Crippen LogP contribution in [-0.4, -0.2) is 7.11 Å². The van der Waals surface area contributed by atoms with Crippen LogP contribution in [0.4, 0.5) is 0 Å². The summed E-state index contributed by atoms with van der Waals surface area (Å²) in [5, 5.41) is 0. The molecule has 16 heavy (non-hydrogen) atoms. The lowest BCUT2D eigenvalue weighted by Gasteiger charge is -2.19. The van der Waals surface area contributed by atoms with Crippen LogP contribution in [0.3, 0.4) is 0 Å². The maximum atomic E-state index is 6.21. The molecule has 90 valence electrons. The second-order valence-electron chi connectivity index (χ2n) is 4.91. The zero-order chi connectivity index (χ0) is 12.3. The van der Waals surface area contributed by atoms with Gasteiger partial charge in [-0.1, -0.05) is 19.9 Å². The van der Waals surface area contributed by atoms with E-state index >= 15 is 0 Å². The lowest BCUT2D eigenvalue weighted by atomic mass is 9.94. The van der Waals surface area contributed by atoms with E-state index in [4.69, 9.17) is 10.5 Å². The van der Waals surface area contributed by atoms with E-state index in [0.29, 0.717) is 5.92 Å². The van der Waals surface area contributed by atoms with Crippen molar-refractivity contribution in [3.63, 3.8) is 0 Å². The van der Waals surface area contributed by atoms with Crippen molar-refractivity contribution in [2.24, 2.45) is 11.7 Å². The van der Waals surface area contributed by atoms with Gasteiger partial charge in [-0.15, -0.1) is 0 Å². The minimum atomic E-state index is 0.0641. The molecular formula is C14H23NO. The van der Waals surface area contributed by atoms with Crippen molar-refractivity contribution in [3.05, 3.63) is 28.8 Å². The Balaban J connectivity index is 3.06. The van der Waals surface area contributed by atoms with Crippen molar-refractivity contribution in [2.75, 3.05) is 7.11 Å². The topological polar surface area (TPSA) is 35.2 Å². The zero-order valence-corrected chi connectivity index (χ0v) is 11.0. The van der Waals surface area contributed by atoms with Gasteiger partial charge in [0.15, 0.2) is 0 Å². The van der Waals surface area contributed by atoms with Crippen LogP contribution in [0.1, 0.15) is 43.0 Å². The van der Waals surface area contributed by atoms with Gasteiger partial charge in [-0.3, -0.25) is 0 Å². The smallest absolute Gasteiger partial charge is 0.123 e. The maximum Gasteiger partial charge on any atom is 0.123 e. The zero-order valence-electron chi connectivity index (χ0n) is 11.0. The van der Waals surface area contributed by atoms with Crippen molar-refractivity contribution >= 4 is 0 Å². The highest BCUT2D eigenvalue weighted by molar-refractivity contribution is 5.43. The van der Waals surface area contributed by atoms with Gasteiger partial charge in [0.05, 0.1) is 7.11 Å². The van der Waals surface area contributed by atoms with Gasteiger partial charge in [0.2, 0.25) is 0 Å². The number of rotatable bonds is 4. The first-order valence-corrected chi connectivity index (χ1v) is 5.86. The van der Waals surface area contributed by atoms with Crippen LogP contribution >= 0.6 is 0 Å². The molecule has 1 atom stereocenters. The average Bonchev–Trinajstić information content (AvgIpc) is 2.20. The Morgan fingerprint density at radius 3 is 2.25 bits per heavy atom. The molecule has 2 heteroatoms. The molecule has 0 heterocycles. The minimum Gasteiger partial charge on any atom is -0.496 e. The number of methoxy groups -OCH3 is 1. The van der Waals surface area contributed by atoms with E-state index in [1.54, 1.807) is 7.11 Å². The van der Waals surface area contributed by atoms with Crippen LogP contribution < -0.4 is 10.5 Å². The molecule has 0 aliphatic heterocycles. The third kappa shape index (κ3) is 2.99. The van der Waals surface area contributed by atoms with Crippen LogP contribution in [0.5, 0.6) is 5.75 Å². The first-order chi connectivity index (χ1) is 7.45. The lowest BCUT2D eigenvalue weighted by molar-refractivity contribution is 0.399. The summed E-state index contributed by atoms with van der Waals surface area (Å²) in [6.45, 7) is 8.58. The first kappa shape index (κ1) is 13.0. The van der Waals surface area contributed by atoms with E-state index in [-0.39, 0.29) is 6.04 Å². The van der Waals surface area contributed by atoms with Gasteiger partial charge in [-0.2, -0.15) is 0 Å². The fourth-order valence-corrected chi connectivity index (χ4v) is 1.91. The number of benzene rings is 1. The van der Waals surface area contributed by atoms with Crippen molar-refractivity contribution in [1.29, 1.82) is 0 Å². The van der Waals surface area contributed by atoms with Crippen molar-refractivity contribution < 1.29 is 4.74 Å². The van der Waals surface area contributed by atoms with Crippen LogP contribution in [-0.2, 0) is 0 Å². The van der Waals surface area contributed by atoms with E-state index < -0.39 is 0 Å². The minimum absolute atomic E-state index is 0.0641. The molecule has 0 aliphatic carbocycles. The summed E-state index contributed by atoms with van der Waals surface area (Å²) in [5.74, 6) is 1.51. The Morgan fingerprint density at radius 1 is 1.19 bits per heavy atom. The maximum absolute atomic E-state index is 6.21. The SMILES string of the molecule is COc1cc(C)c(C)cc1C(N)CC(C)C. The van der Waals surface area contributed by atoms with Gasteiger partial charge in [0.1, 0.15) is 5.75 Å².